The van der Waals surface area contributed by atoms with Gasteiger partial charge in [0.1, 0.15) is 5.82 Å². The molecule has 0 bridgehead atoms. The van der Waals surface area contributed by atoms with Gasteiger partial charge in [-0.25, -0.2) is 4.98 Å². The number of fused-ring (bicyclic) bond motifs is 2. The van der Waals surface area contributed by atoms with Crippen molar-refractivity contribution in [2.24, 2.45) is 5.92 Å². The Morgan fingerprint density at radius 3 is 2.81 bits per heavy atom. The SMILES string of the molecule is CCCC1Cc2cc(N3CCCc4cc(C(=O)N5CCCC[C@@H]5C)cnc43)ccc2C1=O. The van der Waals surface area contributed by atoms with Gasteiger partial charge in [0.05, 0.1) is 5.56 Å². The lowest BCUT2D eigenvalue weighted by Gasteiger charge is -2.34. The van der Waals surface area contributed by atoms with Crippen molar-refractivity contribution >= 4 is 23.2 Å². The topological polar surface area (TPSA) is 53.5 Å². The van der Waals surface area contributed by atoms with Crippen LogP contribution in [0.25, 0.3) is 0 Å². The van der Waals surface area contributed by atoms with Crippen molar-refractivity contribution in [2.45, 2.75) is 71.3 Å². The Hall–Kier alpha value is -2.69. The highest BCUT2D eigenvalue weighted by Gasteiger charge is 2.31. The molecule has 0 N–H and O–H groups in total. The van der Waals surface area contributed by atoms with Crippen molar-refractivity contribution < 1.29 is 9.59 Å². The molecule has 3 heterocycles. The van der Waals surface area contributed by atoms with Crippen molar-refractivity contribution in [1.82, 2.24) is 9.88 Å². The van der Waals surface area contributed by atoms with Gasteiger partial charge in [0, 0.05) is 42.5 Å². The molecule has 0 saturated carbocycles. The maximum Gasteiger partial charge on any atom is 0.255 e. The third kappa shape index (κ3) is 3.72. The standard InChI is InChI=1S/C27H33N3O2/c1-3-7-19-14-21-16-23(10-11-24(21)25(19)31)30-13-6-9-20-15-22(17-28-26(20)30)27(32)29-12-5-4-8-18(29)2/h10-11,15-19H,3-9,12-14H2,1-2H3/t18-,19?/m0/s1. The molecular formula is C27H33N3O2. The molecule has 168 valence electrons. The predicted octanol–water partition coefficient (Wildman–Crippen LogP) is 5.34. The molecule has 1 aliphatic carbocycles. The third-order valence-electron chi connectivity index (χ3n) is 7.48. The molecule has 0 radical (unpaired) electrons. The van der Waals surface area contributed by atoms with Crippen LogP contribution in [-0.4, -0.2) is 40.7 Å². The van der Waals surface area contributed by atoms with Gasteiger partial charge in [0.2, 0.25) is 0 Å². The molecule has 32 heavy (non-hydrogen) atoms. The van der Waals surface area contributed by atoms with E-state index in [2.05, 4.69) is 36.9 Å². The Balaban J connectivity index is 1.41. The number of aryl methyl sites for hydroxylation is 1. The van der Waals surface area contributed by atoms with Crippen molar-refractivity contribution in [3.05, 3.63) is 52.7 Å². The summed E-state index contributed by atoms with van der Waals surface area (Å²) < 4.78 is 0. The van der Waals surface area contributed by atoms with Gasteiger partial charge in [-0.2, -0.15) is 0 Å². The average molecular weight is 432 g/mol. The van der Waals surface area contributed by atoms with Gasteiger partial charge in [0.15, 0.2) is 5.78 Å². The van der Waals surface area contributed by atoms with Gasteiger partial charge in [-0.05, 0) is 87.3 Å². The molecule has 1 aromatic heterocycles. The second-order valence-electron chi connectivity index (χ2n) is 9.70. The van der Waals surface area contributed by atoms with Crippen LogP contribution in [0.15, 0.2) is 30.5 Å². The third-order valence-corrected chi connectivity index (χ3v) is 7.48. The number of hydrogen-bond acceptors (Lipinski definition) is 4. The van der Waals surface area contributed by atoms with Crippen LogP contribution in [0.2, 0.25) is 0 Å². The second kappa shape index (κ2) is 8.68. The fourth-order valence-corrected chi connectivity index (χ4v) is 5.71. The fourth-order valence-electron chi connectivity index (χ4n) is 5.71. The van der Waals surface area contributed by atoms with Crippen LogP contribution < -0.4 is 4.90 Å². The summed E-state index contributed by atoms with van der Waals surface area (Å²) in [6, 6.07) is 8.62. The maximum absolute atomic E-state index is 13.1. The molecule has 1 saturated heterocycles. The molecular weight excluding hydrogens is 398 g/mol. The number of Topliss-reactive ketones (excluding diaryl/α,β-unsaturated/α-hetero) is 1. The minimum atomic E-state index is 0.114. The molecule has 2 aliphatic heterocycles. The summed E-state index contributed by atoms with van der Waals surface area (Å²) in [4.78, 5) is 34.8. The first-order valence-electron chi connectivity index (χ1n) is 12.3. The fraction of sp³-hybridized carbons (Fsp3) is 0.519. The summed E-state index contributed by atoms with van der Waals surface area (Å²) >= 11 is 0. The number of anilines is 2. The van der Waals surface area contributed by atoms with Gasteiger partial charge < -0.3 is 9.80 Å². The highest BCUT2D eigenvalue weighted by molar-refractivity contribution is 6.02. The molecule has 1 unspecified atom stereocenters. The Labute approximate surface area is 190 Å². The van der Waals surface area contributed by atoms with Gasteiger partial charge in [-0.15, -0.1) is 0 Å². The Kier molecular flexibility index (Phi) is 5.75. The van der Waals surface area contributed by atoms with Crippen LogP contribution in [0, 0.1) is 5.92 Å². The molecule has 3 aliphatic rings. The largest absolute Gasteiger partial charge is 0.336 e. The van der Waals surface area contributed by atoms with E-state index in [4.69, 9.17) is 4.98 Å². The first-order chi connectivity index (χ1) is 15.6. The number of carbonyl (C=O) groups is 2. The van der Waals surface area contributed by atoms with E-state index in [1.807, 2.05) is 11.0 Å². The highest BCUT2D eigenvalue weighted by Crippen LogP contribution is 2.37. The minimum absolute atomic E-state index is 0.114. The number of rotatable bonds is 4. The maximum atomic E-state index is 13.1. The molecule has 2 atom stereocenters. The normalized spacial score (nSPS) is 22.6. The summed E-state index contributed by atoms with van der Waals surface area (Å²) in [5.41, 5.74) is 5.03. The number of hydrogen-bond donors (Lipinski definition) is 0. The van der Waals surface area contributed by atoms with E-state index in [0.29, 0.717) is 17.4 Å². The van der Waals surface area contributed by atoms with Crippen LogP contribution in [0.5, 0.6) is 0 Å². The van der Waals surface area contributed by atoms with E-state index in [9.17, 15) is 9.59 Å². The zero-order chi connectivity index (χ0) is 22.2. The number of amides is 1. The summed E-state index contributed by atoms with van der Waals surface area (Å²) in [6.07, 6.45) is 9.95. The van der Waals surface area contributed by atoms with Crippen molar-refractivity contribution in [3.8, 4) is 0 Å². The van der Waals surface area contributed by atoms with Gasteiger partial charge in [-0.1, -0.05) is 13.3 Å². The van der Waals surface area contributed by atoms with Crippen LogP contribution in [0.4, 0.5) is 11.5 Å². The number of likely N-dealkylation sites (tertiary alicyclic amines) is 1. The summed E-state index contributed by atoms with van der Waals surface area (Å²) in [7, 11) is 0. The number of ketones is 1. The van der Waals surface area contributed by atoms with E-state index in [1.54, 1.807) is 6.20 Å². The first kappa shape index (κ1) is 21.2. The lowest BCUT2D eigenvalue weighted by molar-refractivity contribution is 0.0635. The number of pyridine rings is 1. The summed E-state index contributed by atoms with van der Waals surface area (Å²) in [5, 5.41) is 0. The lowest BCUT2D eigenvalue weighted by atomic mass is 9.99. The minimum Gasteiger partial charge on any atom is -0.336 e. The van der Waals surface area contributed by atoms with Crippen molar-refractivity contribution in [1.29, 1.82) is 0 Å². The Bertz CT molecular complexity index is 1050. The van der Waals surface area contributed by atoms with Crippen LogP contribution >= 0.6 is 0 Å². The Morgan fingerprint density at radius 1 is 1.12 bits per heavy atom. The highest BCUT2D eigenvalue weighted by atomic mass is 16.2. The molecule has 5 heteroatoms. The van der Waals surface area contributed by atoms with Crippen molar-refractivity contribution in [3.63, 3.8) is 0 Å². The number of nitrogens with zero attached hydrogens (tertiary/aromatic N) is 3. The zero-order valence-electron chi connectivity index (χ0n) is 19.3. The van der Waals surface area contributed by atoms with Gasteiger partial charge in [-0.3, -0.25) is 9.59 Å². The van der Waals surface area contributed by atoms with E-state index in [-0.39, 0.29) is 11.8 Å². The lowest BCUT2D eigenvalue weighted by Crippen LogP contribution is -2.42. The Morgan fingerprint density at radius 2 is 2.00 bits per heavy atom. The molecule has 2 aromatic rings. The summed E-state index contributed by atoms with van der Waals surface area (Å²) in [5.74, 6) is 1.51. The number of carbonyl (C=O) groups excluding carboxylic acids is 2. The molecule has 5 rings (SSSR count). The van der Waals surface area contributed by atoms with E-state index < -0.39 is 0 Å². The quantitative estimate of drug-likeness (QED) is 0.656. The van der Waals surface area contributed by atoms with E-state index in [0.717, 1.165) is 80.7 Å². The number of aromatic nitrogens is 1. The van der Waals surface area contributed by atoms with Crippen LogP contribution in [0.3, 0.4) is 0 Å². The average Bonchev–Trinajstić information content (AvgIpc) is 3.13. The van der Waals surface area contributed by atoms with Gasteiger partial charge in [0.25, 0.3) is 5.91 Å². The molecule has 1 aromatic carbocycles. The molecule has 1 fully saturated rings. The van der Waals surface area contributed by atoms with E-state index in [1.165, 1.54) is 12.0 Å². The number of piperidine rings is 1. The predicted molar refractivity (Wildman–Crippen MR) is 127 cm³/mol. The smallest absolute Gasteiger partial charge is 0.255 e. The van der Waals surface area contributed by atoms with Gasteiger partial charge >= 0.3 is 0 Å². The molecule has 1 amide bonds. The molecule has 0 spiro atoms. The second-order valence-corrected chi connectivity index (χ2v) is 9.70. The monoisotopic (exact) mass is 431 g/mol. The molecule has 5 nitrogen and oxygen atoms in total. The van der Waals surface area contributed by atoms with Crippen molar-refractivity contribution in [2.75, 3.05) is 18.0 Å². The first-order valence-corrected chi connectivity index (χ1v) is 12.3. The summed E-state index contributed by atoms with van der Waals surface area (Å²) in [6.45, 7) is 6.04. The number of benzene rings is 1. The van der Waals surface area contributed by atoms with E-state index >= 15 is 0 Å². The zero-order valence-corrected chi connectivity index (χ0v) is 19.3. The van der Waals surface area contributed by atoms with Crippen LogP contribution in [-0.2, 0) is 12.8 Å². The van der Waals surface area contributed by atoms with Crippen LogP contribution in [0.1, 0.15) is 84.2 Å².